The van der Waals surface area contributed by atoms with Crippen LogP contribution >= 0.6 is 11.6 Å². The monoisotopic (exact) mass is 389 g/mol. The van der Waals surface area contributed by atoms with Gasteiger partial charge in [-0.05, 0) is 49.7 Å². The first-order chi connectivity index (χ1) is 12.7. The van der Waals surface area contributed by atoms with Crippen molar-refractivity contribution in [3.8, 4) is 5.75 Å². The average molecular weight is 390 g/mol. The van der Waals surface area contributed by atoms with E-state index >= 15 is 0 Å². The standard InChI is InChI=1S/C20H24ClN3O3/c1-12-10-18(19(27-5)11-17(12)21)23-20(26)13(2)22-15-6-8-16(9-7-15)24(4)14(3)25/h6-11,13,22H,1-5H3,(H,23,26). The van der Waals surface area contributed by atoms with Crippen LogP contribution in [0.3, 0.4) is 0 Å². The summed E-state index contributed by atoms with van der Waals surface area (Å²) in [6, 6.07) is 10.3. The predicted molar refractivity (Wildman–Crippen MR) is 110 cm³/mol. The van der Waals surface area contributed by atoms with E-state index in [1.54, 1.807) is 31.0 Å². The summed E-state index contributed by atoms with van der Waals surface area (Å²) >= 11 is 6.10. The van der Waals surface area contributed by atoms with Gasteiger partial charge in [0.15, 0.2) is 0 Å². The van der Waals surface area contributed by atoms with Crippen LogP contribution in [-0.2, 0) is 9.59 Å². The summed E-state index contributed by atoms with van der Waals surface area (Å²) in [5, 5.41) is 6.57. The van der Waals surface area contributed by atoms with E-state index in [0.717, 1.165) is 16.9 Å². The van der Waals surface area contributed by atoms with Crippen LogP contribution in [0.15, 0.2) is 36.4 Å². The lowest BCUT2D eigenvalue weighted by Crippen LogP contribution is -2.32. The van der Waals surface area contributed by atoms with Crippen molar-refractivity contribution in [1.82, 2.24) is 0 Å². The van der Waals surface area contributed by atoms with E-state index in [0.29, 0.717) is 16.5 Å². The Kier molecular flexibility index (Phi) is 6.69. The van der Waals surface area contributed by atoms with Crippen LogP contribution in [0.4, 0.5) is 17.1 Å². The molecule has 0 radical (unpaired) electrons. The number of anilines is 3. The zero-order chi connectivity index (χ0) is 20.1. The molecule has 2 aromatic rings. The molecule has 1 unspecified atom stereocenters. The van der Waals surface area contributed by atoms with Gasteiger partial charge in [0.1, 0.15) is 11.8 Å². The summed E-state index contributed by atoms with van der Waals surface area (Å²) in [6.07, 6.45) is 0. The third-order valence-electron chi connectivity index (χ3n) is 4.24. The molecule has 0 heterocycles. The molecule has 144 valence electrons. The van der Waals surface area contributed by atoms with Crippen LogP contribution in [0.1, 0.15) is 19.4 Å². The molecule has 0 fully saturated rings. The molecule has 6 nitrogen and oxygen atoms in total. The fourth-order valence-electron chi connectivity index (χ4n) is 2.45. The Balaban J connectivity index is 2.06. The summed E-state index contributed by atoms with van der Waals surface area (Å²) in [4.78, 5) is 25.5. The van der Waals surface area contributed by atoms with E-state index in [9.17, 15) is 9.59 Å². The first-order valence-electron chi connectivity index (χ1n) is 8.48. The van der Waals surface area contributed by atoms with Crippen molar-refractivity contribution in [2.45, 2.75) is 26.8 Å². The van der Waals surface area contributed by atoms with Gasteiger partial charge in [0.2, 0.25) is 11.8 Å². The maximum absolute atomic E-state index is 12.5. The Morgan fingerprint density at radius 1 is 1.19 bits per heavy atom. The minimum Gasteiger partial charge on any atom is -0.495 e. The number of ether oxygens (including phenoxy) is 1. The van der Waals surface area contributed by atoms with Gasteiger partial charge >= 0.3 is 0 Å². The second kappa shape index (κ2) is 8.77. The molecular formula is C20H24ClN3O3. The second-order valence-corrected chi connectivity index (χ2v) is 6.69. The number of hydrogen-bond acceptors (Lipinski definition) is 4. The number of aryl methyl sites for hydroxylation is 1. The number of halogens is 1. The number of amides is 2. The quantitative estimate of drug-likeness (QED) is 0.781. The van der Waals surface area contributed by atoms with Crippen LogP contribution in [0, 0.1) is 6.92 Å². The van der Waals surface area contributed by atoms with E-state index in [1.807, 2.05) is 31.2 Å². The third kappa shape index (κ3) is 5.14. The summed E-state index contributed by atoms with van der Waals surface area (Å²) in [7, 11) is 3.24. The number of rotatable bonds is 6. The van der Waals surface area contributed by atoms with Gasteiger partial charge in [-0.2, -0.15) is 0 Å². The van der Waals surface area contributed by atoms with Gasteiger partial charge < -0.3 is 20.3 Å². The summed E-state index contributed by atoms with van der Waals surface area (Å²) in [5.41, 5.74) is 2.97. The van der Waals surface area contributed by atoms with Crippen molar-refractivity contribution in [3.63, 3.8) is 0 Å². The van der Waals surface area contributed by atoms with E-state index in [4.69, 9.17) is 16.3 Å². The van der Waals surface area contributed by atoms with Crippen LogP contribution < -0.4 is 20.3 Å². The second-order valence-electron chi connectivity index (χ2n) is 6.28. The average Bonchev–Trinajstić information content (AvgIpc) is 2.64. The SMILES string of the molecule is COc1cc(Cl)c(C)cc1NC(=O)C(C)Nc1ccc(N(C)C(C)=O)cc1. The lowest BCUT2D eigenvalue weighted by Gasteiger charge is -2.19. The van der Waals surface area contributed by atoms with E-state index < -0.39 is 6.04 Å². The topological polar surface area (TPSA) is 70.7 Å². The molecule has 0 bridgehead atoms. The number of carbonyl (C=O) groups is 2. The molecule has 0 spiro atoms. The highest BCUT2D eigenvalue weighted by Gasteiger charge is 2.16. The molecule has 0 aliphatic rings. The van der Waals surface area contributed by atoms with E-state index in [2.05, 4.69) is 10.6 Å². The van der Waals surface area contributed by atoms with Gasteiger partial charge in [-0.1, -0.05) is 11.6 Å². The number of nitrogens with zero attached hydrogens (tertiary/aromatic N) is 1. The lowest BCUT2D eigenvalue weighted by atomic mass is 10.2. The maximum atomic E-state index is 12.5. The summed E-state index contributed by atoms with van der Waals surface area (Å²) in [6.45, 7) is 5.13. The highest BCUT2D eigenvalue weighted by Crippen LogP contribution is 2.31. The van der Waals surface area contributed by atoms with Crippen LogP contribution in [0.25, 0.3) is 0 Å². The number of nitrogens with one attached hydrogen (secondary N) is 2. The fraction of sp³-hybridized carbons (Fsp3) is 0.300. The van der Waals surface area contributed by atoms with Crippen molar-refractivity contribution in [1.29, 1.82) is 0 Å². The molecule has 2 amide bonds. The first kappa shape index (κ1) is 20.6. The molecule has 1 atom stereocenters. The predicted octanol–water partition coefficient (Wildman–Crippen LogP) is 4.08. The zero-order valence-electron chi connectivity index (χ0n) is 16.1. The largest absolute Gasteiger partial charge is 0.495 e. The molecule has 7 heteroatoms. The molecule has 2 N–H and O–H groups in total. The van der Waals surface area contributed by atoms with Crippen molar-refractivity contribution < 1.29 is 14.3 Å². The van der Waals surface area contributed by atoms with E-state index in [-0.39, 0.29) is 11.8 Å². The summed E-state index contributed by atoms with van der Waals surface area (Å²) < 4.78 is 5.28. The summed E-state index contributed by atoms with van der Waals surface area (Å²) in [5.74, 6) is 0.249. The van der Waals surface area contributed by atoms with Gasteiger partial charge in [0.25, 0.3) is 0 Å². The Bertz CT molecular complexity index is 837. The maximum Gasteiger partial charge on any atom is 0.246 e. The van der Waals surface area contributed by atoms with Gasteiger partial charge in [0.05, 0.1) is 12.8 Å². The van der Waals surface area contributed by atoms with Crippen molar-refractivity contribution in [2.75, 3.05) is 29.7 Å². The highest BCUT2D eigenvalue weighted by atomic mass is 35.5. The Labute approximate surface area is 164 Å². The van der Waals surface area contributed by atoms with Crippen molar-refractivity contribution in [3.05, 3.63) is 47.0 Å². The Morgan fingerprint density at radius 2 is 1.81 bits per heavy atom. The number of hydrogen-bond donors (Lipinski definition) is 2. The first-order valence-corrected chi connectivity index (χ1v) is 8.86. The van der Waals surface area contributed by atoms with Crippen LogP contribution in [0.2, 0.25) is 5.02 Å². The molecule has 2 aromatic carbocycles. The lowest BCUT2D eigenvalue weighted by molar-refractivity contribution is -0.117. The minimum atomic E-state index is -0.484. The fourth-order valence-corrected chi connectivity index (χ4v) is 2.60. The Hall–Kier alpha value is -2.73. The smallest absolute Gasteiger partial charge is 0.246 e. The number of benzene rings is 2. The van der Waals surface area contributed by atoms with Crippen LogP contribution in [0.5, 0.6) is 5.75 Å². The van der Waals surface area contributed by atoms with Crippen molar-refractivity contribution >= 4 is 40.5 Å². The third-order valence-corrected chi connectivity index (χ3v) is 4.65. The highest BCUT2D eigenvalue weighted by molar-refractivity contribution is 6.31. The van der Waals surface area contributed by atoms with Crippen molar-refractivity contribution in [2.24, 2.45) is 0 Å². The molecule has 0 aliphatic heterocycles. The Morgan fingerprint density at radius 3 is 2.37 bits per heavy atom. The van der Waals surface area contributed by atoms with Gasteiger partial charge in [0, 0.05) is 36.4 Å². The zero-order valence-corrected chi connectivity index (χ0v) is 16.8. The molecule has 0 aliphatic carbocycles. The van der Waals surface area contributed by atoms with E-state index in [1.165, 1.54) is 14.0 Å². The normalized spacial score (nSPS) is 11.5. The number of methoxy groups -OCH3 is 1. The molecule has 0 saturated carbocycles. The van der Waals surface area contributed by atoms with Gasteiger partial charge in [-0.15, -0.1) is 0 Å². The number of carbonyl (C=O) groups excluding carboxylic acids is 2. The molecule has 0 saturated heterocycles. The minimum absolute atomic E-state index is 0.0457. The molecule has 27 heavy (non-hydrogen) atoms. The molecule has 2 rings (SSSR count). The van der Waals surface area contributed by atoms with Crippen LogP contribution in [-0.4, -0.2) is 32.0 Å². The molecular weight excluding hydrogens is 366 g/mol. The van der Waals surface area contributed by atoms with Gasteiger partial charge in [-0.3, -0.25) is 9.59 Å². The van der Waals surface area contributed by atoms with Gasteiger partial charge in [-0.25, -0.2) is 0 Å². The molecule has 0 aromatic heterocycles.